The Hall–Kier alpha value is -1.33. The highest BCUT2D eigenvalue weighted by atomic mass is 79.9. The third kappa shape index (κ3) is 3.08. The van der Waals surface area contributed by atoms with Crippen LogP contribution >= 0.6 is 15.9 Å². The zero-order valence-corrected chi connectivity index (χ0v) is 10.9. The lowest BCUT2D eigenvalue weighted by molar-refractivity contribution is 0.270. The second-order valence-corrected chi connectivity index (χ2v) is 4.73. The van der Waals surface area contributed by atoms with E-state index in [1.807, 2.05) is 30.3 Å². The van der Waals surface area contributed by atoms with Crippen molar-refractivity contribution in [1.82, 2.24) is 9.78 Å². The average Bonchev–Trinajstić information content (AvgIpc) is 2.63. The highest BCUT2D eigenvalue weighted by Crippen LogP contribution is 2.15. The van der Waals surface area contributed by atoms with Gasteiger partial charge in [-0.2, -0.15) is 5.10 Å². The molecule has 0 aliphatic carbocycles. The lowest BCUT2D eigenvalue weighted by Crippen LogP contribution is -2.07. The number of aromatic nitrogens is 2. The van der Waals surface area contributed by atoms with Crippen LogP contribution in [-0.4, -0.2) is 21.5 Å². The molecule has 3 N–H and O–H groups in total. The van der Waals surface area contributed by atoms with Gasteiger partial charge in [0.05, 0.1) is 18.8 Å². The normalized spacial score (nSPS) is 10.7. The quantitative estimate of drug-likeness (QED) is 0.904. The van der Waals surface area contributed by atoms with Gasteiger partial charge in [0, 0.05) is 17.0 Å². The standard InChI is InChI=1S/C12H14BrN3O/c13-10-3-1-9(2-4-10)7-11-8-12(14)16(15-11)5-6-17/h1-4,8,17H,5-7,14H2. The monoisotopic (exact) mass is 295 g/mol. The summed E-state index contributed by atoms with van der Waals surface area (Å²) in [5, 5.41) is 13.2. The van der Waals surface area contributed by atoms with Crippen molar-refractivity contribution in [3.63, 3.8) is 0 Å². The van der Waals surface area contributed by atoms with Crippen LogP contribution in [0.1, 0.15) is 11.3 Å². The fourth-order valence-electron chi connectivity index (χ4n) is 1.66. The van der Waals surface area contributed by atoms with Gasteiger partial charge in [-0.3, -0.25) is 0 Å². The molecule has 0 spiro atoms. The van der Waals surface area contributed by atoms with Crippen LogP contribution < -0.4 is 5.73 Å². The van der Waals surface area contributed by atoms with Gasteiger partial charge in [-0.1, -0.05) is 28.1 Å². The second-order valence-electron chi connectivity index (χ2n) is 3.81. The van der Waals surface area contributed by atoms with Crippen molar-refractivity contribution in [3.8, 4) is 0 Å². The molecule has 0 amide bonds. The van der Waals surface area contributed by atoms with Crippen molar-refractivity contribution < 1.29 is 5.11 Å². The third-order valence-electron chi connectivity index (χ3n) is 2.47. The van der Waals surface area contributed by atoms with Gasteiger partial charge in [-0.25, -0.2) is 4.68 Å². The van der Waals surface area contributed by atoms with E-state index in [1.165, 1.54) is 5.56 Å². The molecule has 90 valence electrons. The summed E-state index contributed by atoms with van der Waals surface area (Å²) in [5.41, 5.74) is 7.88. The number of benzene rings is 1. The van der Waals surface area contributed by atoms with Crippen LogP contribution in [0.25, 0.3) is 0 Å². The summed E-state index contributed by atoms with van der Waals surface area (Å²) in [4.78, 5) is 0. The molecule has 0 unspecified atom stereocenters. The van der Waals surface area contributed by atoms with Crippen molar-refractivity contribution in [2.24, 2.45) is 0 Å². The molecule has 0 radical (unpaired) electrons. The molecule has 2 aromatic rings. The van der Waals surface area contributed by atoms with Gasteiger partial charge >= 0.3 is 0 Å². The molecule has 4 nitrogen and oxygen atoms in total. The Bertz CT molecular complexity index is 493. The highest BCUT2D eigenvalue weighted by Gasteiger charge is 2.05. The molecule has 2 rings (SSSR count). The van der Waals surface area contributed by atoms with Crippen molar-refractivity contribution >= 4 is 21.7 Å². The number of aliphatic hydroxyl groups excluding tert-OH is 1. The van der Waals surface area contributed by atoms with Crippen LogP contribution in [0.15, 0.2) is 34.8 Å². The van der Waals surface area contributed by atoms with Crippen LogP contribution in [0, 0.1) is 0 Å². The molecule has 1 heterocycles. The molecule has 0 aliphatic heterocycles. The van der Waals surface area contributed by atoms with E-state index in [-0.39, 0.29) is 6.61 Å². The maximum absolute atomic E-state index is 8.85. The predicted octanol–water partition coefficient (Wildman–Crippen LogP) is 1.81. The van der Waals surface area contributed by atoms with Gasteiger partial charge in [0.15, 0.2) is 0 Å². The predicted molar refractivity (Wildman–Crippen MR) is 70.7 cm³/mol. The minimum absolute atomic E-state index is 0.0452. The largest absolute Gasteiger partial charge is 0.394 e. The van der Waals surface area contributed by atoms with E-state index in [2.05, 4.69) is 21.0 Å². The van der Waals surface area contributed by atoms with Gasteiger partial charge in [-0.05, 0) is 17.7 Å². The number of rotatable bonds is 4. The van der Waals surface area contributed by atoms with Crippen molar-refractivity contribution in [2.45, 2.75) is 13.0 Å². The summed E-state index contributed by atoms with van der Waals surface area (Å²) in [5.74, 6) is 0.589. The molecule has 5 heteroatoms. The Labute approximate surface area is 108 Å². The van der Waals surface area contributed by atoms with E-state index in [0.29, 0.717) is 12.4 Å². The zero-order valence-electron chi connectivity index (χ0n) is 9.31. The second kappa shape index (κ2) is 5.33. The molecule has 0 atom stereocenters. The van der Waals surface area contributed by atoms with Crippen LogP contribution in [-0.2, 0) is 13.0 Å². The lowest BCUT2D eigenvalue weighted by Gasteiger charge is -2.00. The molecule has 1 aromatic carbocycles. The molecule has 0 saturated heterocycles. The lowest BCUT2D eigenvalue weighted by atomic mass is 10.1. The summed E-state index contributed by atoms with van der Waals surface area (Å²) in [7, 11) is 0. The first-order valence-corrected chi connectivity index (χ1v) is 6.16. The SMILES string of the molecule is Nc1cc(Cc2ccc(Br)cc2)nn1CCO. The van der Waals surface area contributed by atoms with Crippen molar-refractivity contribution in [2.75, 3.05) is 12.3 Å². The summed E-state index contributed by atoms with van der Waals surface area (Å²) in [6, 6.07) is 9.95. The number of halogens is 1. The number of hydrogen-bond acceptors (Lipinski definition) is 3. The fraction of sp³-hybridized carbons (Fsp3) is 0.250. The third-order valence-corrected chi connectivity index (χ3v) is 3.00. The zero-order chi connectivity index (χ0) is 12.3. The van der Waals surface area contributed by atoms with E-state index in [0.717, 1.165) is 16.6 Å². The number of hydrogen-bond donors (Lipinski definition) is 2. The molecular weight excluding hydrogens is 282 g/mol. The molecule has 0 fully saturated rings. The maximum Gasteiger partial charge on any atom is 0.122 e. The first-order chi connectivity index (χ1) is 8.19. The van der Waals surface area contributed by atoms with Gasteiger partial charge < -0.3 is 10.8 Å². The minimum atomic E-state index is 0.0452. The van der Waals surface area contributed by atoms with Gasteiger partial charge in [0.25, 0.3) is 0 Å². The fourth-order valence-corrected chi connectivity index (χ4v) is 1.92. The summed E-state index contributed by atoms with van der Waals surface area (Å²) in [6.45, 7) is 0.482. The van der Waals surface area contributed by atoms with Gasteiger partial charge in [0.2, 0.25) is 0 Å². The summed E-state index contributed by atoms with van der Waals surface area (Å²) >= 11 is 3.40. The van der Waals surface area contributed by atoms with Gasteiger partial charge in [0.1, 0.15) is 5.82 Å². The van der Waals surface area contributed by atoms with Crippen LogP contribution in [0.2, 0.25) is 0 Å². The van der Waals surface area contributed by atoms with E-state index in [9.17, 15) is 0 Å². The smallest absolute Gasteiger partial charge is 0.122 e. The topological polar surface area (TPSA) is 64.1 Å². The number of nitrogen functional groups attached to an aromatic ring is 1. The Kier molecular flexibility index (Phi) is 3.81. The number of anilines is 1. The Morgan fingerprint density at radius 3 is 2.65 bits per heavy atom. The molecule has 0 aliphatic rings. The van der Waals surface area contributed by atoms with Crippen LogP contribution in [0.5, 0.6) is 0 Å². The molecule has 0 bridgehead atoms. The Morgan fingerprint density at radius 2 is 2.00 bits per heavy atom. The first-order valence-electron chi connectivity index (χ1n) is 5.36. The van der Waals surface area contributed by atoms with E-state index in [1.54, 1.807) is 4.68 Å². The Balaban J connectivity index is 2.13. The first kappa shape index (κ1) is 12.1. The van der Waals surface area contributed by atoms with Crippen LogP contribution in [0.4, 0.5) is 5.82 Å². The summed E-state index contributed by atoms with van der Waals surface area (Å²) in [6.07, 6.45) is 0.746. The molecule has 17 heavy (non-hydrogen) atoms. The molecular formula is C12H14BrN3O. The molecule has 0 saturated carbocycles. The van der Waals surface area contributed by atoms with E-state index >= 15 is 0 Å². The highest BCUT2D eigenvalue weighted by molar-refractivity contribution is 9.10. The number of nitrogens with two attached hydrogens (primary N) is 1. The minimum Gasteiger partial charge on any atom is -0.394 e. The van der Waals surface area contributed by atoms with E-state index in [4.69, 9.17) is 10.8 Å². The number of aliphatic hydroxyl groups is 1. The Morgan fingerprint density at radius 1 is 1.29 bits per heavy atom. The summed E-state index contributed by atoms with van der Waals surface area (Å²) < 4.78 is 2.68. The van der Waals surface area contributed by atoms with Crippen molar-refractivity contribution in [1.29, 1.82) is 0 Å². The molecule has 1 aromatic heterocycles. The van der Waals surface area contributed by atoms with Crippen LogP contribution in [0.3, 0.4) is 0 Å². The number of nitrogens with zero attached hydrogens (tertiary/aromatic N) is 2. The average molecular weight is 296 g/mol. The van der Waals surface area contributed by atoms with Crippen molar-refractivity contribution in [3.05, 3.63) is 46.1 Å². The maximum atomic E-state index is 8.85. The van der Waals surface area contributed by atoms with Gasteiger partial charge in [-0.15, -0.1) is 0 Å². The van der Waals surface area contributed by atoms with E-state index < -0.39 is 0 Å².